The van der Waals surface area contributed by atoms with E-state index >= 15 is 0 Å². The number of pyridine rings is 1. The standard InChI is InChI=1S/C14H19FN6/c1-10-8-16-5-4-12(10)17-6-7-18-14-19-9-11(15)13(20-14)21(2)3/h4-5,8-9H,6-7H2,1-3H3,(H,16,17)(H,18,19,20). The Morgan fingerprint density at radius 1 is 1.19 bits per heavy atom. The molecular formula is C14H19FN6. The van der Waals surface area contributed by atoms with Crippen molar-refractivity contribution in [2.24, 2.45) is 0 Å². The molecule has 2 heterocycles. The molecular weight excluding hydrogens is 271 g/mol. The molecule has 21 heavy (non-hydrogen) atoms. The zero-order valence-electron chi connectivity index (χ0n) is 12.4. The van der Waals surface area contributed by atoms with Crippen LogP contribution >= 0.6 is 0 Å². The first-order chi connectivity index (χ1) is 10.1. The van der Waals surface area contributed by atoms with E-state index < -0.39 is 5.82 Å². The number of nitrogens with one attached hydrogen (secondary N) is 2. The van der Waals surface area contributed by atoms with E-state index in [9.17, 15) is 4.39 Å². The van der Waals surface area contributed by atoms with Crippen molar-refractivity contribution >= 4 is 17.5 Å². The molecule has 0 spiro atoms. The molecule has 2 aromatic heterocycles. The third-order valence-corrected chi connectivity index (χ3v) is 2.89. The van der Waals surface area contributed by atoms with Crippen LogP contribution in [-0.2, 0) is 0 Å². The number of aromatic nitrogens is 3. The van der Waals surface area contributed by atoms with Gasteiger partial charge in [0.1, 0.15) is 0 Å². The van der Waals surface area contributed by atoms with Crippen LogP contribution in [0.3, 0.4) is 0 Å². The number of rotatable bonds is 6. The maximum atomic E-state index is 13.5. The Hall–Kier alpha value is -2.44. The van der Waals surface area contributed by atoms with Crippen LogP contribution in [0, 0.1) is 12.7 Å². The molecule has 0 aliphatic heterocycles. The summed E-state index contributed by atoms with van der Waals surface area (Å²) in [5.74, 6) is 0.245. The summed E-state index contributed by atoms with van der Waals surface area (Å²) in [5, 5.41) is 6.35. The molecule has 6 nitrogen and oxygen atoms in total. The summed E-state index contributed by atoms with van der Waals surface area (Å²) in [7, 11) is 3.48. The Balaban J connectivity index is 1.87. The van der Waals surface area contributed by atoms with Gasteiger partial charge in [0, 0.05) is 45.3 Å². The summed E-state index contributed by atoms with van der Waals surface area (Å²) >= 11 is 0. The van der Waals surface area contributed by atoms with Crippen molar-refractivity contribution in [1.29, 1.82) is 0 Å². The Bertz CT molecular complexity index is 602. The fraction of sp³-hybridized carbons (Fsp3) is 0.357. The van der Waals surface area contributed by atoms with E-state index in [-0.39, 0.29) is 5.82 Å². The van der Waals surface area contributed by atoms with Gasteiger partial charge in [-0.25, -0.2) is 9.37 Å². The lowest BCUT2D eigenvalue weighted by molar-refractivity contribution is 0.612. The zero-order valence-corrected chi connectivity index (χ0v) is 12.4. The molecule has 7 heteroatoms. The van der Waals surface area contributed by atoms with Crippen LogP contribution in [0.15, 0.2) is 24.7 Å². The summed E-state index contributed by atoms with van der Waals surface area (Å²) < 4.78 is 13.5. The van der Waals surface area contributed by atoms with Crippen molar-refractivity contribution in [3.8, 4) is 0 Å². The molecule has 0 aromatic carbocycles. The minimum absolute atomic E-state index is 0.269. The third-order valence-electron chi connectivity index (χ3n) is 2.89. The van der Waals surface area contributed by atoms with Gasteiger partial charge < -0.3 is 15.5 Å². The second kappa shape index (κ2) is 6.83. The van der Waals surface area contributed by atoms with Gasteiger partial charge in [-0.15, -0.1) is 0 Å². The van der Waals surface area contributed by atoms with E-state index in [0.29, 0.717) is 19.0 Å². The molecule has 0 unspecified atom stereocenters. The van der Waals surface area contributed by atoms with Gasteiger partial charge in [-0.2, -0.15) is 4.98 Å². The largest absolute Gasteiger partial charge is 0.383 e. The fourth-order valence-electron chi connectivity index (χ4n) is 1.80. The van der Waals surface area contributed by atoms with Crippen molar-refractivity contribution in [3.05, 3.63) is 36.0 Å². The average molecular weight is 290 g/mol. The highest BCUT2D eigenvalue weighted by Gasteiger charge is 2.08. The molecule has 2 aromatic rings. The quantitative estimate of drug-likeness (QED) is 0.792. The first-order valence-corrected chi connectivity index (χ1v) is 6.66. The minimum Gasteiger partial charge on any atom is -0.383 e. The molecule has 0 aliphatic rings. The molecule has 0 radical (unpaired) electrons. The minimum atomic E-state index is -0.434. The summed E-state index contributed by atoms with van der Waals surface area (Å²) in [6, 6.07) is 1.92. The summed E-state index contributed by atoms with van der Waals surface area (Å²) in [5.41, 5.74) is 2.13. The Labute approximate surface area is 123 Å². The summed E-state index contributed by atoms with van der Waals surface area (Å²) in [6.07, 6.45) is 4.72. The molecule has 0 saturated heterocycles. The topological polar surface area (TPSA) is 66.0 Å². The molecule has 0 aliphatic carbocycles. The maximum absolute atomic E-state index is 13.5. The Morgan fingerprint density at radius 3 is 2.67 bits per heavy atom. The van der Waals surface area contributed by atoms with Crippen LogP contribution in [0.1, 0.15) is 5.56 Å². The smallest absolute Gasteiger partial charge is 0.224 e. The van der Waals surface area contributed by atoms with Crippen LogP contribution in [-0.4, -0.2) is 42.1 Å². The van der Waals surface area contributed by atoms with E-state index in [0.717, 1.165) is 11.3 Å². The van der Waals surface area contributed by atoms with Crippen molar-refractivity contribution in [2.45, 2.75) is 6.92 Å². The second-order valence-corrected chi connectivity index (χ2v) is 4.80. The van der Waals surface area contributed by atoms with E-state index in [1.54, 1.807) is 25.2 Å². The zero-order chi connectivity index (χ0) is 15.2. The molecule has 0 saturated carbocycles. The van der Waals surface area contributed by atoms with Crippen LogP contribution < -0.4 is 15.5 Å². The van der Waals surface area contributed by atoms with Gasteiger partial charge in [-0.1, -0.05) is 0 Å². The fourth-order valence-corrected chi connectivity index (χ4v) is 1.80. The average Bonchev–Trinajstić information content (AvgIpc) is 2.46. The van der Waals surface area contributed by atoms with Gasteiger partial charge in [0.05, 0.1) is 6.20 Å². The van der Waals surface area contributed by atoms with E-state index in [4.69, 9.17) is 0 Å². The second-order valence-electron chi connectivity index (χ2n) is 4.80. The van der Waals surface area contributed by atoms with Gasteiger partial charge in [0.2, 0.25) is 5.95 Å². The predicted molar refractivity (Wildman–Crippen MR) is 82.3 cm³/mol. The molecule has 0 amide bonds. The van der Waals surface area contributed by atoms with Crippen LogP contribution in [0.2, 0.25) is 0 Å². The molecule has 0 atom stereocenters. The molecule has 2 rings (SSSR count). The summed E-state index contributed by atoms with van der Waals surface area (Å²) in [6.45, 7) is 3.32. The Kier molecular flexibility index (Phi) is 4.86. The number of nitrogens with zero attached hydrogens (tertiary/aromatic N) is 4. The first kappa shape index (κ1) is 15.0. The van der Waals surface area contributed by atoms with Crippen LogP contribution in [0.25, 0.3) is 0 Å². The van der Waals surface area contributed by atoms with Gasteiger partial charge in [0.25, 0.3) is 0 Å². The highest BCUT2D eigenvalue weighted by atomic mass is 19.1. The van der Waals surface area contributed by atoms with E-state index in [2.05, 4.69) is 25.6 Å². The molecule has 112 valence electrons. The van der Waals surface area contributed by atoms with Gasteiger partial charge >= 0.3 is 0 Å². The molecule has 0 fully saturated rings. The molecule has 0 bridgehead atoms. The van der Waals surface area contributed by atoms with Crippen LogP contribution in [0.4, 0.5) is 21.8 Å². The van der Waals surface area contributed by atoms with Gasteiger partial charge in [-0.3, -0.25) is 4.98 Å². The van der Waals surface area contributed by atoms with E-state index in [1.807, 2.05) is 19.2 Å². The monoisotopic (exact) mass is 290 g/mol. The SMILES string of the molecule is Cc1cnccc1NCCNc1ncc(F)c(N(C)C)n1. The van der Waals surface area contributed by atoms with Gasteiger partial charge in [-0.05, 0) is 18.6 Å². The van der Waals surface area contributed by atoms with Crippen molar-refractivity contribution in [3.63, 3.8) is 0 Å². The normalized spacial score (nSPS) is 10.3. The number of anilines is 3. The van der Waals surface area contributed by atoms with Crippen molar-refractivity contribution < 1.29 is 4.39 Å². The lowest BCUT2D eigenvalue weighted by atomic mass is 10.2. The third kappa shape index (κ3) is 4.01. The highest BCUT2D eigenvalue weighted by Crippen LogP contribution is 2.14. The number of hydrogen-bond donors (Lipinski definition) is 2. The Morgan fingerprint density at radius 2 is 1.95 bits per heavy atom. The maximum Gasteiger partial charge on any atom is 0.224 e. The lowest BCUT2D eigenvalue weighted by Crippen LogP contribution is -2.18. The first-order valence-electron chi connectivity index (χ1n) is 6.66. The number of aryl methyl sites for hydroxylation is 1. The molecule has 2 N–H and O–H groups in total. The van der Waals surface area contributed by atoms with E-state index in [1.165, 1.54) is 6.20 Å². The summed E-state index contributed by atoms with van der Waals surface area (Å²) in [4.78, 5) is 13.7. The van der Waals surface area contributed by atoms with Crippen molar-refractivity contribution in [2.75, 3.05) is 42.7 Å². The van der Waals surface area contributed by atoms with Gasteiger partial charge in [0.15, 0.2) is 11.6 Å². The number of hydrogen-bond acceptors (Lipinski definition) is 6. The lowest BCUT2D eigenvalue weighted by Gasteiger charge is -2.14. The van der Waals surface area contributed by atoms with Crippen LogP contribution in [0.5, 0.6) is 0 Å². The predicted octanol–water partition coefficient (Wildman–Crippen LogP) is 1.91. The highest BCUT2D eigenvalue weighted by molar-refractivity contribution is 5.48. The number of halogens is 1. The van der Waals surface area contributed by atoms with Crippen molar-refractivity contribution in [1.82, 2.24) is 15.0 Å².